The minimum Gasteiger partial charge on any atom is -0.493 e. The minimum absolute atomic E-state index is 0.0142. The molecule has 0 amide bonds. The Bertz CT molecular complexity index is 1760. The Hall–Kier alpha value is -5.97. The lowest BCUT2D eigenvalue weighted by Crippen LogP contribution is -2.19. The maximum Gasteiger partial charge on any atom is 0.269 e. The molecule has 1 saturated carbocycles. The maximum atomic E-state index is 13.8. The van der Waals surface area contributed by atoms with Gasteiger partial charge in [-0.1, -0.05) is 25.5 Å². The first-order valence-electron chi connectivity index (χ1n) is 15.7. The topological polar surface area (TPSA) is 140 Å². The summed E-state index contributed by atoms with van der Waals surface area (Å²) in [4.78, 5) is 34.7. The zero-order valence-corrected chi connectivity index (χ0v) is 27.4. The van der Waals surface area contributed by atoms with Gasteiger partial charge in [-0.15, -0.1) is 0 Å². The molecule has 0 N–H and O–H groups in total. The summed E-state index contributed by atoms with van der Waals surface area (Å²) in [5, 5.41) is 21.9. The third-order valence-electron chi connectivity index (χ3n) is 8.32. The number of methoxy groups -OCH3 is 2. The molecule has 0 heterocycles. The van der Waals surface area contributed by atoms with Crippen molar-refractivity contribution in [3.05, 3.63) is 139 Å². The quantitative estimate of drug-likeness (QED) is 0.0781. The van der Waals surface area contributed by atoms with Crippen LogP contribution in [0.2, 0.25) is 0 Å². The van der Waals surface area contributed by atoms with E-state index in [2.05, 4.69) is 6.92 Å². The first-order valence-corrected chi connectivity index (χ1v) is 15.7. The van der Waals surface area contributed by atoms with Crippen LogP contribution in [0.4, 0.5) is 11.4 Å². The van der Waals surface area contributed by atoms with E-state index in [0.29, 0.717) is 52.9 Å². The van der Waals surface area contributed by atoms with Crippen molar-refractivity contribution in [2.75, 3.05) is 14.2 Å². The van der Waals surface area contributed by atoms with E-state index in [1.54, 1.807) is 50.6 Å². The minimum atomic E-state index is -0.445. The number of benzene rings is 4. The largest absolute Gasteiger partial charge is 0.493 e. The van der Waals surface area contributed by atoms with Crippen molar-refractivity contribution in [3.8, 4) is 23.0 Å². The molecule has 0 aromatic heterocycles. The van der Waals surface area contributed by atoms with Gasteiger partial charge in [-0.3, -0.25) is 25.0 Å². The molecule has 49 heavy (non-hydrogen) atoms. The lowest BCUT2D eigenvalue weighted by atomic mass is 9.78. The number of rotatable bonds is 13. The number of hydrogen-bond acceptors (Lipinski definition) is 9. The highest BCUT2D eigenvalue weighted by atomic mass is 16.6. The number of nitrogens with zero attached hydrogens (tertiary/aromatic N) is 2. The molecule has 0 saturated heterocycles. The fourth-order valence-corrected chi connectivity index (χ4v) is 5.56. The lowest BCUT2D eigenvalue weighted by Gasteiger charge is -2.25. The number of ether oxygens (including phenoxy) is 4. The molecule has 5 rings (SSSR count). The number of hydrogen-bond donors (Lipinski definition) is 0. The lowest BCUT2D eigenvalue weighted by molar-refractivity contribution is -0.385. The van der Waals surface area contributed by atoms with E-state index in [0.717, 1.165) is 28.7 Å². The molecule has 11 heteroatoms. The fraction of sp³-hybridized carbons (Fsp3) is 0.237. The molecule has 0 bridgehead atoms. The van der Waals surface area contributed by atoms with Crippen molar-refractivity contribution in [1.82, 2.24) is 0 Å². The molecular weight excluding hydrogens is 628 g/mol. The highest BCUT2D eigenvalue weighted by molar-refractivity contribution is 6.14. The monoisotopic (exact) mass is 664 g/mol. The van der Waals surface area contributed by atoms with Gasteiger partial charge in [0, 0.05) is 35.4 Å². The predicted octanol–water partition coefficient (Wildman–Crippen LogP) is 8.53. The SMILES string of the molecule is CCC1C/C(=C/c2ccc(OCc3ccc([N+](=O)[O-])cc3)c(OC)c2)C(=O)/C(=C\c2ccc(OCc3ccc([N+](=O)[O-])cc3)c(OC)c2)C1. The number of Topliss-reactive ketones (excluding diaryl/α,β-unsaturated/α-hetero) is 1. The van der Waals surface area contributed by atoms with Crippen LogP contribution in [0.5, 0.6) is 23.0 Å². The van der Waals surface area contributed by atoms with Crippen LogP contribution in [0.1, 0.15) is 48.4 Å². The number of nitro benzene ring substituents is 2. The third-order valence-corrected chi connectivity index (χ3v) is 8.32. The van der Waals surface area contributed by atoms with Crippen molar-refractivity contribution in [2.24, 2.45) is 5.92 Å². The first kappa shape index (κ1) is 34.4. The van der Waals surface area contributed by atoms with Crippen molar-refractivity contribution in [1.29, 1.82) is 0 Å². The number of carbonyl (C=O) groups excluding carboxylic acids is 1. The molecule has 11 nitrogen and oxygen atoms in total. The number of ketones is 1. The van der Waals surface area contributed by atoms with E-state index < -0.39 is 9.85 Å². The molecule has 0 atom stereocenters. The number of nitro groups is 2. The van der Waals surface area contributed by atoms with Crippen molar-refractivity contribution in [2.45, 2.75) is 39.4 Å². The summed E-state index contributed by atoms with van der Waals surface area (Å²) in [6, 6.07) is 23.3. The fourth-order valence-electron chi connectivity index (χ4n) is 5.56. The van der Waals surface area contributed by atoms with Gasteiger partial charge < -0.3 is 18.9 Å². The normalized spacial score (nSPS) is 16.0. The number of carbonyl (C=O) groups is 1. The average molecular weight is 665 g/mol. The highest BCUT2D eigenvalue weighted by Gasteiger charge is 2.27. The number of non-ortho nitro benzene ring substituents is 2. The second kappa shape index (κ2) is 15.7. The molecular formula is C38H36N2O9. The Kier molecular flexibility index (Phi) is 11.0. The molecule has 1 fully saturated rings. The van der Waals surface area contributed by atoms with Crippen LogP contribution in [0.15, 0.2) is 96.1 Å². The Balaban J connectivity index is 1.31. The molecule has 4 aromatic carbocycles. The van der Waals surface area contributed by atoms with Gasteiger partial charge in [-0.25, -0.2) is 0 Å². The van der Waals surface area contributed by atoms with E-state index in [1.165, 1.54) is 24.3 Å². The van der Waals surface area contributed by atoms with E-state index in [9.17, 15) is 25.0 Å². The van der Waals surface area contributed by atoms with Crippen LogP contribution in [-0.4, -0.2) is 29.8 Å². The van der Waals surface area contributed by atoms with E-state index in [1.807, 2.05) is 36.4 Å². The van der Waals surface area contributed by atoms with Gasteiger partial charge in [0.2, 0.25) is 0 Å². The molecule has 0 radical (unpaired) electrons. The molecule has 1 aliphatic carbocycles. The van der Waals surface area contributed by atoms with Crippen LogP contribution in [-0.2, 0) is 18.0 Å². The summed E-state index contributed by atoms with van der Waals surface area (Å²) in [6.45, 7) is 2.53. The number of allylic oxidation sites excluding steroid dienone is 2. The third kappa shape index (κ3) is 8.69. The van der Waals surface area contributed by atoms with Crippen molar-refractivity contribution in [3.63, 3.8) is 0 Å². The molecule has 252 valence electrons. The molecule has 0 unspecified atom stereocenters. The van der Waals surface area contributed by atoms with Gasteiger partial charge in [0.1, 0.15) is 13.2 Å². The Morgan fingerprint density at radius 1 is 0.653 bits per heavy atom. The van der Waals surface area contributed by atoms with Crippen LogP contribution in [0.3, 0.4) is 0 Å². The zero-order valence-electron chi connectivity index (χ0n) is 27.4. The van der Waals surface area contributed by atoms with Gasteiger partial charge in [0.15, 0.2) is 28.8 Å². The maximum absolute atomic E-state index is 13.8. The summed E-state index contributed by atoms with van der Waals surface area (Å²) in [7, 11) is 3.09. The summed E-state index contributed by atoms with van der Waals surface area (Å²) >= 11 is 0. The smallest absolute Gasteiger partial charge is 0.269 e. The predicted molar refractivity (Wildman–Crippen MR) is 185 cm³/mol. The summed E-state index contributed by atoms with van der Waals surface area (Å²) < 4.78 is 23.1. The first-order chi connectivity index (χ1) is 23.7. The van der Waals surface area contributed by atoms with E-state index in [4.69, 9.17) is 18.9 Å². The van der Waals surface area contributed by atoms with E-state index in [-0.39, 0.29) is 30.4 Å². The second-order valence-corrected chi connectivity index (χ2v) is 11.6. The zero-order chi connectivity index (χ0) is 34.9. The Morgan fingerprint density at radius 2 is 1.06 bits per heavy atom. The summed E-state index contributed by atoms with van der Waals surface area (Å²) in [5.41, 5.74) is 4.60. The Morgan fingerprint density at radius 3 is 1.41 bits per heavy atom. The van der Waals surface area contributed by atoms with Crippen LogP contribution < -0.4 is 18.9 Å². The van der Waals surface area contributed by atoms with Gasteiger partial charge in [-0.05, 0) is 102 Å². The van der Waals surface area contributed by atoms with Gasteiger partial charge in [0.25, 0.3) is 11.4 Å². The summed E-state index contributed by atoms with van der Waals surface area (Å²) in [5.74, 6) is 2.32. The Labute approximate surface area is 283 Å². The standard InChI is InChI=1S/C38H36N2O9/c1-4-25-17-30(19-28-9-15-34(36(21-28)46-2)48-23-26-5-11-32(12-6-26)39(42)43)38(41)31(18-25)20-29-10-16-35(37(22-29)47-3)49-24-27-7-13-33(14-8-27)40(44)45/h5-16,19-22,25H,4,17-18,23-24H2,1-3H3/b30-19-,31-20-. The van der Waals surface area contributed by atoms with Crippen LogP contribution in [0, 0.1) is 26.1 Å². The van der Waals surface area contributed by atoms with Crippen molar-refractivity contribution >= 4 is 29.3 Å². The second-order valence-electron chi connectivity index (χ2n) is 11.6. The summed E-state index contributed by atoms with van der Waals surface area (Å²) in [6.07, 6.45) is 6.03. The van der Waals surface area contributed by atoms with Crippen molar-refractivity contribution < 1.29 is 33.6 Å². The molecule has 0 aliphatic heterocycles. The highest BCUT2D eigenvalue weighted by Crippen LogP contribution is 2.37. The van der Waals surface area contributed by atoms with Gasteiger partial charge >= 0.3 is 0 Å². The molecule has 1 aliphatic rings. The van der Waals surface area contributed by atoms with Crippen LogP contribution >= 0.6 is 0 Å². The van der Waals surface area contributed by atoms with Crippen LogP contribution in [0.25, 0.3) is 12.2 Å². The van der Waals surface area contributed by atoms with Gasteiger partial charge in [-0.2, -0.15) is 0 Å². The molecule has 0 spiro atoms. The average Bonchev–Trinajstić information content (AvgIpc) is 3.12. The van der Waals surface area contributed by atoms with E-state index >= 15 is 0 Å². The molecule has 4 aromatic rings. The van der Waals surface area contributed by atoms with Gasteiger partial charge in [0.05, 0.1) is 24.1 Å².